The molecule has 2 N–H and O–H groups in total. The summed E-state index contributed by atoms with van der Waals surface area (Å²) in [6, 6.07) is 7.28. The lowest BCUT2D eigenvalue weighted by molar-refractivity contribution is 0.395. The number of nitrogens with two attached hydrogens (primary N) is 1. The van der Waals surface area contributed by atoms with Crippen LogP contribution < -0.4 is 5.73 Å². The van der Waals surface area contributed by atoms with E-state index in [2.05, 4.69) is 0 Å². The number of benzene rings is 1. The molecule has 1 aliphatic carbocycles. The van der Waals surface area contributed by atoms with Gasteiger partial charge in [0.25, 0.3) is 0 Å². The Morgan fingerprint density at radius 2 is 1.90 bits per heavy atom. The van der Waals surface area contributed by atoms with E-state index < -0.39 is 10.0 Å². The van der Waals surface area contributed by atoms with Crippen molar-refractivity contribution in [3.63, 3.8) is 0 Å². The molecule has 0 spiro atoms. The summed E-state index contributed by atoms with van der Waals surface area (Å²) in [7, 11) is -3.35. The van der Waals surface area contributed by atoms with Gasteiger partial charge in [0, 0.05) is 13.1 Å². The predicted molar refractivity (Wildman–Crippen MR) is 85.6 cm³/mol. The first-order chi connectivity index (χ1) is 10.1. The smallest absolute Gasteiger partial charge is 0.243 e. The van der Waals surface area contributed by atoms with E-state index in [0.717, 1.165) is 37.7 Å². The minimum absolute atomic E-state index is 0.410. The average Bonchev–Trinajstić information content (AvgIpc) is 3.29. The minimum atomic E-state index is -3.35. The van der Waals surface area contributed by atoms with Crippen molar-refractivity contribution in [1.29, 1.82) is 0 Å². The zero-order valence-electron chi connectivity index (χ0n) is 12.8. The van der Waals surface area contributed by atoms with E-state index >= 15 is 0 Å². The maximum Gasteiger partial charge on any atom is 0.243 e. The summed E-state index contributed by atoms with van der Waals surface area (Å²) >= 11 is 0. The van der Waals surface area contributed by atoms with Crippen molar-refractivity contribution < 1.29 is 8.42 Å². The van der Waals surface area contributed by atoms with Crippen LogP contribution in [0.25, 0.3) is 0 Å². The van der Waals surface area contributed by atoms with Crippen LogP contribution in [-0.4, -0.2) is 32.4 Å². The van der Waals surface area contributed by atoms with Gasteiger partial charge in [0.05, 0.1) is 4.90 Å². The van der Waals surface area contributed by atoms with Gasteiger partial charge in [0.15, 0.2) is 0 Å². The molecule has 0 amide bonds. The number of nitrogens with zero attached hydrogens (tertiary/aromatic N) is 1. The van der Waals surface area contributed by atoms with E-state index in [1.807, 2.05) is 19.1 Å². The maximum absolute atomic E-state index is 12.7. The Morgan fingerprint density at radius 1 is 1.24 bits per heavy atom. The molecule has 1 fully saturated rings. The van der Waals surface area contributed by atoms with Crippen molar-refractivity contribution in [2.45, 2.75) is 43.9 Å². The van der Waals surface area contributed by atoms with Crippen molar-refractivity contribution in [2.75, 3.05) is 19.6 Å². The lowest BCUT2D eigenvalue weighted by Gasteiger charge is -2.21. The molecule has 118 valence electrons. The summed E-state index contributed by atoms with van der Waals surface area (Å²) in [4.78, 5) is 0.410. The molecule has 0 radical (unpaired) electrons. The van der Waals surface area contributed by atoms with Crippen molar-refractivity contribution in [3.8, 4) is 0 Å². The zero-order chi connectivity index (χ0) is 15.3. The second-order valence-electron chi connectivity index (χ2n) is 5.84. The Bertz CT molecular complexity index is 536. The summed E-state index contributed by atoms with van der Waals surface area (Å²) in [5.41, 5.74) is 6.64. The molecule has 2 rings (SSSR count). The topological polar surface area (TPSA) is 63.4 Å². The fourth-order valence-electron chi connectivity index (χ4n) is 2.43. The van der Waals surface area contributed by atoms with E-state index in [1.165, 1.54) is 0 Å². The Morgan fingerprint density at radius 3 is 2.43 bits per heavy atom. The molecule has 4 nitrogen and oxygen atoms in total. The van der Waals surface area contributed by atoms with Crippen LogP contribution >= 0.6 is 0 Å². The molecule has 1 saturated carbocycles. The Kier molecular flexibility index (Phi) is 5.79. The third-order valence-electron chi connectivity index (χ3n) is 3.86. The van der Waals surface area contributed by atoms with E-state index in [4.69, 9.17) is 5.73 Å². The van der Waals surface area contributed by atoms with Gasteiger partial charge in [-0.25, -0.2) is 8.42 Å². The van der Waals surface area contributed by atoms with Crippen LogP contribution in [0.2, 0.25) is 0 Å². The molecule has 0 bridgehead atoms. The molecule has 0 aromatic heterocycles. The van der Waals surface area contributed by atoms with Crippen LogP contribution in [-0.2, 0) is 16.4 Å². The molecule has 1 aromatic rings. The molecular formula is C16H26N2O2S. The van der Waals surface area contributed by atoms with Crippen molar-refractivity contribution >= 4 is 10.0 Å². The molecule has 1 aliphatic rings. The first-order valence-electron chi connectivity index (χ1n) is 7.87. The van der Waals surface area contributed by atoms with Crippen LogP contribution in [0.15, 0.2) is 29.2 Å². The minimum Gasteiger partial charge on any atom is -0.330 e. The molecule has 21 heavy (non-hydrogen) atoms. The summed E-state index contributed by atoms with van der Waals surface area (Å²) in [6.07, 6.45) is 5.00. The standard InChI is InChI=1S/C16H26N2O2S/c1-2-12-18(13-15-5-6-15)21(19,20)16-9-7-14(8-10-16)4-3-11-17/h7-10,15H,2-6,11-13,17H2,1H3. The Balaban J connectivity index is 2.12. The van der Waals surface area contributed by atoms with Crippen LogP contribution in [0.3, 0.4) is 0 Å². The summed E-state index contributed by atoms with van der Waals surface area (Å²) in [5, 5.41) is 0. The van der Waals surface area contributed by atoms with Gasteiger partial charge < -0.3 is 5.73 Å². The van der Waals surface area contributed by atoms with Gasteiger partial charge in [0.2, 0.25) is 10.0 Å². The highest BCUT2D eigenvalue weighted by atomic mass is 32.2. The second kappa shape index (κ2) is 7.38. The molecular weight excluding hydrogens is 284 g/mol. The lowest BCUT2D eigenvalue weighted by Crippen LogP contribution is -2.33. The van der Waals surface area contributed by atoms with Gasteiger partial charge in [-0.05, 0) is 62.3 Å². The van der Waals surface area contributed by atoms with Gasteiger partial charge in [-0.15, -0.1) is 0 Å². The summed E-state index contributed by atoms with van der Waals surface area (Å²) in [6.45, 7) is 3.95. The molecule has 0 saturated heterocycles. The van der Waals surface area contributed by atoms with Crippen molar-refractivity contribution in [3.05, 3.63) is 29.8 Å². The Labute approximate surface area is 128 Å². The fraction of sp³-hybridized carbons (Fsp3) is 0.625. The second-order valence-corrected chi connectivity index (χ2v) is 7.78. The predicted octanol–water partition coefficient (Wildman–Crippen LogP) is 2.39. The number of hydrogen-bond acceptors (Lipinski definition) is 3. The summed E-state index contributed by atoms with van der Waals surface area (Å²) < 4.78 is 27.1. The highest BCUT2D eigenvalue weighted by Crippen LogP contribution is 2.31. The van der Waals surface area contributed by atoms with Crippen LogP contribution in [0.5, 0.6) is 0 Å². The molecule has 0 atom stereocenters. The number of hydrogen-bond donors (Lipinski definition) is 1. The first kappa shape index (κ1) is 16.5. The monoisotopic (exact) mass is 310 g/mol. The molecule has 0 aliphatic heterocycles. The van der Waals surface area contributed by atoms with Gasteiger partial charge in [-0.3, -0.25) is 0 Å². The molecule has 0 unspecified atom stereocenters. The number of sulfonamides is 1. The number of aryl methyl sites for hydroxylation is 1. The third kappa shape index (κ3) is 4.53. The normalized spacial score (nSPS) is 15.6. The van der Waals surface area contributed by atoms with Gasteiger partial charge in [-0.1, -0.05) is 19.1 Å². The first-order valence-corrected chi connectivity index (χ1v) is 9.31. The van der Waals surface area contributed by atoms with E-state index in [1.54, 1.807) is 16.4 Å². The quantitative estimate of drug-likeness (QED) is 0.761. The Hall–Kier alpha value is -0.910. The molecule has 5 heteroatoms. The third-order valence-corrected chi connectivity index (χ3v) is 5.74. The van der Waals surface area contributed by atoms with E-state index in [9.17, 15) is 8.42 Å². The van der Waals surface area contributed by atoms with Crippen molar-refractivity contribution in [2.24, 2.45) is 11.7 Å². The van der Waals surface area contributed by atoms with Crippen LogP contribution in [0.4, 0.5) is 0 Å². The van der Waals surface area contributed by atoms with Crippen LogP contribution in [0.1, 0.15) is 38.2 Å². The van der Waals surface area contributed by atoms with Gasteiger partial charge >= 0.3 is 0 Å². The SMILES string of the molecule is CCCN(CC1CC1)S(=O)(=O)c1ccc(CCCN)cc1. The van der Waals surface area contributed by atoms with E-state index in [0.29, 0.717) is 30.4 Å². The highest BCUT2D eigenvalue weighted by Gasteiger charge is 2.31. The van der Waals surface area contributed by atoms with Crippen LogP contribution in [0, 0.1) is 5.92 Å². The molecule has 0 heterocycles. The maximum atomic E-state index is 12.7. The fourth-order valence-corrected chi connectivity index (χ4v) is 4.04. The van der Waals surface area contributed by atoms with Gasteiger partial charge in [0.1, 0.15) is 0 Å². The zero-order valence-corrected chi connectivity index (χ0v) is 13.6. The van der Waals surface area contributed by atoms with Crippen molar-refractivity contribution in [1.82, 2.24) is 4.31 Å². The number of rotatable bonds is 9. The molecule has 1 aromatic carbocycles. The lowest BCUT2D eigenvalue weighted by atomic mass is 10.1. The largest absolute Gasteiger partial charge is 0.330 e. The average molecular weight is 310 g/mol. The van der Waals surface area contributed by atoms with E-state index in [-0.39, 0.29) is 0 Å². The summed E-state index contributed by atoms with van der Waals surface area (Å²) in [5.74, 6) is 0.565. The highest BCUT2D eigenvalue weighted by molar-refractivity contribution is 7.89. The van der Waals surface area contributed by atoms with Gasteiger partial charge in [-0.2, -0.15) is 4.31 Å².